The molecule has 3 N–H and O–H groups in total. The van der Waals surface area contributed by atoms with E-state index >= 15 is 0 Å². The van der Waals surface area contributed by atoms with Crippen LogP contribution in [0.15, 0.2) is 67.0 Å². The number of carbonyl (C=O) groups excluding carboxylic acids is 2. The molecular formula is C31H32F3N5O2. The van der Waals surface area contributed by atoms with Crippen molar-refractivity contribution in [1.29, 1.82) is 0 Å². The van der Waals surface area contributed by atoms with E-state index in [1.165, 1.54) is 24.3 Å². The summed E-state index contributed by atoms with van der Waals surface area (Å²) in [6, 6.07) is 12.3. The molecule has 5 atom stereocenters. The fraction of sp³-hybridized carbons (Fsp3) is 0.387. The number of halogens is 3. The van der Waals surface area contributed by atoms with Crippen LogP contribution < -0.4 is 10.6 Å². The van der Waals surface area contributed by atoms with Gasteiger partial charge in [0.25, 0.3) is 0 Å². The highest BCUT2D eigenvalue weighted by Crippen LogP contribution is 2.51. The standard InChI is InChI=1S/C31H32F3N5O2/c32-31(33,34)20-12-9-19(10-13-20)11-14-26(40)37-25-8-4-2-6-22(25)30(41)39-18-15-23-27(29-35-16-17-36-29)38-24-7-3-1-5-21(24)28(23)39/h1,3,5,7,9-14,16-17,22-23,25,27-28,38H,2,4,6,8,15,18H2,(H,35,36)(H,37,40)/t22-,23+,25+,27+,28-/m0/s1. The van der Waals surface area contributed by atoms with Gasteiger partial charge < -0.3 is 20.5 Å². The maximum absolute atomic E-state index is 14.2. The van der Waals surface area contributed by atoms with Gasteiger partial charge in [0.05, 0.1) is 23.6 Å². The molecule has 10 heteroatoms. The van der Waals surface area contributed by atoms with E-state index in [4.69, 9.17) is 0 Å². The number of alkyl halides is 3. The van der Waals surface area contributed by atoms with Crippen LogP contribution in [0.1, 0.15) is 66.7 Å². The van der Waals surface area contributed by atoms with E-state index in [9.17, 15) is 22.8 Å². The third kappa shape index (κ3) is 5.47. The van der Waals surface area contributed by atoms with Crippen LogP contribution in [-0.4, -0.2) is 39.3 Å². The number of hydrogen-bond acceptors (Lipinski definition) is 4. The van der Waals surface area contributed by atoms with E-state index in [0.29, 0.717) is 24.9 Å². The smallest absolute Gasteiger partial charge is 0.375 e. The number of anilines is 1. The van der Waals surface area contributed by atoms with Gasteiger partial charge in [-0.3, -0.25) is 9.59 Å². The van der Waals surface area contributed by atoms with Gasteiger partial charge in [-0.2, -0.15) is 13.2 Å². The molecule has 0 spiro atoms. The molecule has 6 rings (SSSR count). The lowest BCUT2D eigenvalue weighted by atomic mass is 9.80. The minimum absolute atomic E-state index is 0.0418. The number of aromatic amines is 1. The fourth-order valence-electron chi connectivity index (χ4n) is 6.69. The number of fused-ring (bicyclic) bond motifs is 3. The van der Waals surface area contributed by atoms with E-state index in [0.717, 1.165) is 48.5 Å². The summed E-state index contributed by atoms with van der Waals surface area (Å²) in [5, 5.41) is 6.65. The molecule has 7 nitrogen and oxygen atoms in total. The number of rotatable bonds is 5. The number of nitrogens with one attached hydrogen (secondary N) is 3. The van der Waals surface area contributed by atoms with Gasteiger partial charge in [0, 0.05) is 42.7 Å². The van der Waals surface area contributed by atoms with Gasteiger partial charge in [-0.1, -0.05) is 43.2 Å². The molecule has 1 saturated carbocycles. The first-order valence-corrected chi connectivity index (χ1v) is 14.1. The molecule has 0 radical (unpaired) electrons. The van der Waals surface area contributed by atoms with E-state index in [1.807, 2.05) is 29.3 Å². The second-order valence-corrected chi connectivity index (χ2v) is 11.1. The second-order valence-electron chi connectivity index (χ2n) is 11.1. The van der Waals surface area contributed by atoms with Crippen molar-refractivity contribution in [2.75, 3.05) is 11.9 Å². The molecule has 3 aliphatic rings. The summed E-state index contributed by atoms with van der Waals surface area (Å²) in [5.41, 5.74) is 1.85. The van der Waals surface area contributed by atoms with E-state index in [2.05, 4.69) is 26.7 Å². The van der Waals surface area contributed by atoms with Crippen LogP contribution in [0.2, 0.25) is 0 Å². The zero-order valence-electron chi connectivity index (χ0n) is 22.4. The second kappa shape index (κ2) is 11.1. The molecule has 3 heterocycles. The first-order valence-electron chi connectivity index (χ1n) is 14.1. The highest BCUT2D eigenvalue weighted by molar-refractivity contribution is 5.92. The van der Waals surface area contributed by atoms with Crippen molar-refractivity contribution in [2.45, 2.75) is 56.4 Å². The van der Waals surface area contributed by atoms with Gasteiger partial charge in [-0.15, -0.1) is 0 Å². The number of H-pyrrole nitrogens is 1. The van der Waals surface area contributed by atoms with Crippen LogP contribution in [0.5, 0.6) is 0 Å². The van der Waals surface area contributed by atoms with Crippen LogP contribution in [0.3, 0.4) is 0 Å². The molecule has 0 bridgehead atoms. The Labute approximate surface area is 236 Å². The number of amides is 2. The van der Waals surface area contributed by atoms with Gasteiger partial charge >= 0.3 is 6.18 Å². The minimum Gasteiger partial charge on any atom is -0.375 e. The Morgan fingerprint density at radius 2 is 1.80 bits per heavy atom. The van der Waals surface area contributed by atoms with Crippen LogP contribution in [-0.2, 0) is 15.8 Å². The number of para-hydroxylation sites is 1. The van der Waals surface area contributed by atoms with Crippen molar-refractivity contribution in [1.82, 2.24) is 20.2 Å². The summed E-state index contributed by atoms with van der Waals surface area (Å²) in [5.74, 6) is 0.368. The molecule has 1 saturated heterocycles. The first-order chi connectivity index (χ1) is 19.8. The number of nitrogens with zero attached hydrogens (tertiary/aromatic N) is 2. The van der Waals surface area contributed by atoms with Gasteiger partial charge in [-0.25, -0.2) is 4.98 Å². The highest BCUT2D eigenvalue weighted by atomic mass is 19.4. The number of carbonyl (C=O) groups is 2. The number of imidazole rings is 1. The average molecular weight is 564 g/mol. The number of aromatic nitrogens is 2. The lowest BCUT2D eigenvalue weighted by molar-refractivity contribution is -0.139. The Bertz CT molecular complexity index is 1420. The summed E-state index contributed by atoms with van der Waals surface area (Å²) in [4.78, 5) is 36.8. The molecule has 2 fully saturated rings. The monoisotopic (exact) mass is 563 g/mol. The largest absolute Gasteiger partial charge is 0.416 e. The van der Waals surface area contributed by atoms with Crippen molar-refractivity contribution in [3.63, 3.8) is 0 Å². The lowest BCUT2D eigenvalue weighted by Gasteiger charge is -2.41. The lowest BCUT2D eigenvalue weighted by Crippen LogP contribution is -2.49. The van der Waals surface area contributed by atoms with E-state index in [1.54, 1.807) is 6.20 Å². The van der Waals surface area contributed by atoms with Gasteiger partial charge in [0.2, 0.25) is 11.8 Å². The van der Waals surface area contributed by atoms with Crippen LogP contribution in [0.4, 0.5) is 18.9 Å². The van der Waals surface area contributed by atoms with Crippen molar-refractivity contribution < 1.29 is 22.8 Å². The Kier molecular flexibility index (Phi) is 7.32. The average Bonchev–Trinajstić information content (AvgIpc) is 3.67. The van der Waals surface area contributed by atoms with Crippen molar-refractivity contribution >= 4 is 23.6 Å². The van der Waals surface area contributed by atoms with Crippen LogP contribution >= 0.6 is 0 Å². The maximum Gasteiger partial charge on any atom is 0.416 e. The molecule has 214 valence electrons. The topological polar surface area (TPSA) is 90.1 Å². The zero-order chi connectivity index (χ0) is 28.6. The summed E-state index contributed by atoms with van der Waals surface area (Å²) in [6.07, 6.45) is 6.01. The molecule has 2 aliphatic heterocycles. The van der Waals surface area contributed by atoms with Crippen molar-refractivity contribution in [3.05, 3.63) is 89.5 Å². The first kappa shape index (κ1) is 27.1. The Morgan fingerprint density at radius 1 is 1.02 bits per heavy atom. The minimum atomic E-state index is -4.41. The van der Waals surface area contributed by atoms with Crippen molar-refractivity contribution in [2.24, 2.45) is 11.8 Å². The fourth-order valence-corrected chi connectivity index (χ4v) is 6.69. The molecule has 3 aromatic rings. The Hall–Kier alpha value is -4.08. The van der Waals surface area contributed by atoms with Gasteiger partial charge in [0.15, 0.2) is 0 Å². The molecule has 1 aliphatic carbocycles. The van der Waals surface area contributed by atoms with E-state index in [-0.39, 0.29) is 41.8 Å². The quantitative estimate of drug-likeness (QED) is 0.339. The number of hydrogen-bond donors (Lipinski definition) is 3. The third-order valence-corrected chi connectivity index (χ3v) is 8.64. The summed E-state index contributed by atoms with van der Waals surface area (Å²) in [6.45, 7) is 0.631. The SMILES string of the molecule is O=C(C=Cc1ccc(C(F)(F)F)cc1)N[C@@H]1CCCC[C@@H]1C(=O)N1CC[C@@H]2[C@H](c3ncc[nH]3)Nc3ccccc3[C@@H]21. The molecule has 2 amide bonds. The Balaban J connectivity index is 1.18. The summed E-state index contributed by atoms with van der Waals surface area (Å²) < 4.78 is 38.5. The maximum atomic E-state index is 14.2. The van der Waals surface area contributed by atoms with Crippen LogP contribution in [0, 0.1) is 11.8 Å². The van der Waals surface area contributed by atoms with Crippen LogP contribution in [0.25, 0.3) is 6.08 Å². The van der Waals surface area contributed by atoms with Gasteiger partial charge in [-0.05, 0) is 54.7 Å². The number of likely N-dealkylation sites (tertiary alicyclic amines) is 1. The molecule has 0 unspecified atom stereocenters. The molecule has 41 heavy (non-hydrogen) atoms. The Morgan fingerprint density at radius 3 is 2.56 bits per heavy atom. The van der Waals surface area contributed by atoms with Crippen molar-refractivity contribution in [3.8, 4) is 0 Å². The predicted octanol–water partition coefficient (Wildman–Crippen LogP) is 5.87. The highest BCUT2D eigenvalue weighted by Gasteiger charge is 2.49. The van der Waals surface area contributed by atoms with E-state index < -0.39 is 11.7 Å². The summed E-state index contributed by atoms with van der Waals surface area (Å²) in [7, 11) is 0. The number of benzene rings is 2. The summed E-state index contributed by atoms with van der Waals surface area (Å²) >= 11 is 0. The molecular weight excluding hydrogens is 531 g/mol. The third-order valence-electron chi connectivity index (χ3n) is 8.64. The normalized spacial score (nSPS) is 25.8. The molecule has 2 aromatic carbocycles. The molecule has 1 aromatic heterocycles. The predicted molar refractivity (Wildman–Crippen MR) is 148 cm³/mol. The van der Waals surface area contributed by atoms with Gasteiger partial charge in [0.1, 0.15) is 5.82 Å². The zero-order valence-corrected chi connectivity index (χ0v) is 22.4.